The highest BCUT2D eigenvalue weighted by Crippen LogP contribution is 2.32. The van der Waals surface area contributed by atoms with E-state index in [4.69, 9.17) is 0 Å². The largest absolute Gasteiger partial charge is 0.388 e. The number of aromatic nitrogens is 2. The Morgan fingerprint density at radius 3 is 2.21 bits per heavy atom. The molecule has 0 aliphatic carbocycles. The Hall–Kier alpha value is -3.44. The second-order valence-corrected chi connectivity index (χ2v) is 7.60. The van der Waals surface area contributed by atoms with Crippen molar-refractivity contribution in [2.45, 2.75) is 41.2 Å². The lowest BCUT2D eigenvalue weighted by atomic mass is 9.96. The molecule has 0 bridgehead atoms. The molecule has 0 radical (unpaired) electrons. The second-order valence-electron chi connectivity index (χ2n) is 7.60. The Bertz CT molecular complexity index is 1050. The van der Waals surface area contributed by atoms with Crippen LogP contribution in [-0.4, -0.2) is 36.0 Å². The molecule has 2 aromatic heterocycles. The lowest BCUT2D eigenvalue weighted by Crippen LogP contribution is -2.10. The van der Waals surface area contributed by atoms with Gasteiger partial charge in [-0.25, -0.2) is 0 Å². The molecule has 2 heterocycles. The summed E-state index contributed by atoms with van der Waals surface area (Å²) in [6, 6.07) is 12.4. The monoisotopic (exact) mass is 459 g/mol. The number of rotatable bonds is 8. The van der Waals surface area contributed by atoms with Crippen molar-refractivity contribution in [2.24, 2.45) is 0 Å². The van der Waals surface area contributed by atoms with Crippen molar-refractivity contribution in [3.8, 4) is 11.1 Å². The van der Waals surface area contributed by atoms with Crippen LogP contribution in [0.2, 0.25) is 0 Å². The van der Waals surface area contributed by atoms with Crippen molar-refractivity contribution in [1.82, 2.24) is 14.9 Å². The van der Waals surface area contributed by atoms with Crippen LogP contribution in [-0.2, 0) is 6.54 Å². The number of pyridine rings is 2. The van der Waals surface area contributed by atoms with Crippen molar-refractivity contribution in [1.29, 1.82) is 0 Å². The van der Waals surface area contributed by atoms with Gasteiger partial charge in [-0.15, -0.1) is 0 Å². The Morgan fingerprint density at radius 2 is 1.62 bits per heavy atom. The van der Waals surface area contributed by atoms with Crippen LogP contribution >= 0.6 is 0 Å². The maximum absolute atomic E-state index is 4.43. The first kappa shape index (κ1) is 28.6. The number of nitrogens with one attached hydrogen (secondary N) is 2. The van der Waals surface area contributed by atoms with E-state index in [2.05, 4.69) is 77.0 Å². The Labute approximate surface area is 206 Å². The summed E-state index contributed by atoms with van der Waals surface area (Å²) in [6.45, 7) is 19.3. The molecule has 3 aromatic rings. The molecule has 5 nitrogen and oxygen atoms in total. The lowest BCUT2D eigenvalue weighted by Gasteiger charge is -2.17. The van der Waals surface area contributed by atoms with E-state index in [1.165, 1.54) is 5.56 Å². The van der Waals surface area contributed by atoms with Crippen LogP contribution in [0.1, 0.15) is 44.5 Å². The molecule has 0 fully saturated rings. The van der Waals surface area contributed by atoms with E-state index in [-0.39, 0.29) is 0 Å². The van der Waals surface area contributed by atoms with Gasteiger partial charge in [0.2, 0.25) is 0 Å². The number of benzene rings is 1. The Kier molecular flexibility index (Phi) is 12.3. The quantitative estimate of drug-likeness (QED) is 0.348. The number of hydrogen-bond acceptors (Lipinski definition) is 5. The molecule has 0 unspecified atom stereocenters. The lowest BCUT2D eigenvalue weighted by molar-refractivity contribution is 0.402. The molecule has 0 spiro atoms. The van der Waals surface area contributed by atoms with Crippen molar-refractivity contribution in [2.75, 3.05) is 31.8 Å². The van der Waals surface area contributed by atoms with Gasteiger partial charge in [0.1, 0.15) is 0 Å². The van der Waals surface area contributed by atoms with E-state index < -0.39 is 0 Å². The van der Waals surface area contributed by atoms with Gasteiger partial charge in [0, 0.05) is 54.2 Å². The van der Waals surface area contributed by atoms with Gasteiger partial charge in [-0.3, -0.25) is 9.97 Å². The summed E-state index contributed by atoms with van der Waals surface area (Å²) in [6.07, 6.45) is 5.60. The maximum atomic E-state index is 4.43. The van der Waals surface area contributed by atoms with E-state index in [0.29, 0.717) is 0 Å². The molecular weight excluding hydrogens is 418 g/mol. The summed E-state index contributed by atoms with van der Waals surface area (Å²) in [7, 11) is 6.02. The van der Waals surface area contributed by atoms with Crippen LogP contribution in [0.15, 0.2) is 73.8 Å². The van der Waals surface area contributed by atoms with Gasteiger partial charge < -0.3 is 15.5 Å². The SMILES string of the molecule is C=C(Nc1ccc(C)nc1)C(=C)c1cc(-c2cncc(CN(C)C)c2)ccc1NC.CC.CC. The van der Waals surface area contributed by atoms with Crippen LogP contribution in [0.25, 0.3) is 16.7 Å². The molecule has 1 aromatic carbocycles. The zero-order valence-electron chi connectivity index (χ0n) is 22.2. The average Bonchev–Trinajstić information content (AvgIpc) is 2.86. The first-order valence-electron chi connectivity index (χ1n) is 11.9. The van der Waals surface area contributed by atoms with Crippen molar-refractivity contribution in [3.63, 3.8) is 0 Å². The predicted octanol–water partition coefficient (Wildman–Crippen LogP) is 7.25. The third kappa shape index (κ3) is 8.16. The van der Waals surface area contributed by atoms with Crippen molar-refractivity contribution in [3.05, 3.63) is 90.7 Å². The van der Waals surface area contributed by atoms with E-state index in [1.54, 1.807) is 6.20 Å². The average molecular weight is 460 g/mol. The fourth-order valence-electron chi connectivity index (χ4n) is 3.24. The molecule has 5 heteroatoms. The standard InChI is InChI=1S/C25H29N5.2C2H6/c1-17-7-9-23(15-28-17)29-19(3)18(2)24-12-21(8-10-25(24)26-4)22-11-20(13-27-14-22)16-30(5)6;2*1-2/h7-15,26,29H,2-3,16H2,1,4-6H3;2*1-2H3. The molecule has 0 saturated carbocycles. The molecule has 0 amide bonds. The number of allylic oxidation sites excluding steroid dienone is 1. The zero-order chi connectivity index (χ0) is 25.7. The molecule has 2 N–H and O–H groups in total. The predicted molar refractivity (Wildman–Crippen MR) is 150 cm³/mol. The molecular formula is C29H41N5. The molecule has 0 saturated heterocycles. The normalized spacial score (nSPS) is 9.79. The highest BCUT2D eigenvalue weighted by Gasteiger charge is 2.12. The molecule has 0 aliphatic rings. The fourth-order valence-corrected chi connectivity index (χ4v) is 3.24. The van der Waals surface area contributed by atoms with Crippen LogP contribution in [0.4, 0.5) is 11.4 Å². The Balaban J connectivity index is 0.00000137. The van der Waals surface area contributed by atoms with Crippen LogP contribution in [0.5, 0.6) is 0 Å². The number of anilines is 2. The minimum absolute atomic E-state index is 0.730. The minimum Gasteiger partial charge on any atom is -0.388 e. The number of hydrogen-bond donors (Lipinski definition) is 2. The highest BCUT2D eigenvalue weighted by atomic mass is 15.0. The molecule has 34 heavy (non-hydrogen) atoms. The third-order valence-electron chi connectivity index (χ3n) is 4.81. The fraction of sp³-hybridized carbons (Fsp3) is 0.310. The van der Waals surface area contributed by atoms with Crippen LogP contribution < -0.4 is 10.6 Å². The van der Waals surface area contributed by atoms with Crippen molar-refractivity contribution < 1.29 is 0 Å². The van der Waals surface area contributed by atoms with Crippen LogP contribution in [0, 0.1) is 6.92 Å². The maximum Gasteiger partial charge on any atom is 0.0570 e. The summed E-state index contributed by atoms with van der Waals surface area (Å²) < 4.78 is 0. The minimum atomic E-state index is 0.730. The zero-order valence-corrected chi connectivity index (χ0v) is 22.2. The van der Waals surface area contributed by atoms with Gasteiger partial charge >= 0.3 is 0 Å². The van der Waals surface area contributed by atoms with E-state index in [9.17, 15) is 0 Å². The summed E-state index contributed by atoms with van der Waals surface area (Å²) in [5.41, 5.74) is 8.73. The van der Waals surface area contributed by atoms with E-state index in [1.807, 2.05) is 66.2 Å². The summed E-state index contributed by atoms with van der Waals surface area (Å²) in [5, 5.41) is 6.56. The van der Waals surface area contributed by atoms with Gasteiger partial charge in [0.25, 0.3) is 0 Å². The molecule has 3 rings (SSSR count). The van der Waals surface area contributed by atoms with Crippen molar-refractivity contribution >= 4 is 16.9 Å². The third-order valence-corrected chi connectivity index (χ3v) is 4.81. The highest BCUT2D eigenvalue weighted by molar-refractivity contribution is 5.88. The first-order chi connectivity index (χ1) is 16.4. The second kappa shape index (κ2) is 14.7. The van der Waals surface area contributed by atoms with Gasteiger partial charge in [-0.2, -0.15) is 0 Å². The summed E-state index contributed by atoms with van der Waals surface area (Å²) in [5.74, 6) is 0. The smallest absolute Gasteiger partial charge is 0.0570 e. The van der Waals surface area contributed by atoms with Gasteiger partial charge in [-0.05, 0) is 68.1 Å². The van der Waals surface area contributed by atoms with E-state index in [0.717, 1.165) is 51.6 Å². The molecule has 182 valence electrons. The number of nitrogens with zero attached hydrogens (tertiary/aromatic N) is 3. The van der Waals surface area contributed by atoms with Gasteiger partial charge in [0.15, 0.2) is 0 Å². The first-order valence-corrected chi connectivity index (χ1v) is 11.9. The number of aryl methyl sites for hydroxylation is 1. The summed E-state index contributed by atoms with van der Waals surface area (Å²) in [4.78, 5) is 10.9. The summed E-state index contributed by atoms with van der Waals surface area (Å²) >= 11 is 0. The molecule has 0 aliphatic heterocycles. The van der Waals surface area contributed by atoms with Gasteiger partial charge in [0.05, 0.1) is 11.9 Å². The van der Waals surface area contributed by atoms with Crippen LogP contribution in [0.3, 0.4) is 0 Å². The van der Waals surface area contributed by atoms with E-state index >= 15 is 0 Å². The topological polar surface area (TPSA) is 53.1 Å². The molecule has 0 atom stereocenters. The Morgan fingerprint density at radius 1 is 0.912 bits per heavy atom. The van der Waals surface area contributed by atoms with Gasteiger partial charge in [-0.1, -0.05) is 46.9 Å².